The number of benzene rings is 2. The fraction of sp³-hybridized carbons (Fsp3) is 0.364. The Kier molecular flexibility index (Phi) is 6.04. The quantitative estimate of drug-likeness (QED) is 0.900. The first-order valence-corrected chi connectivity index (χ1v) is 9.17. The second-order valence-electron chi connectivity index (χ2n) is 6.88. The molecule has 0 bridgehead atoms. The van der Waals surface area contributed by atoms with E-state index in [1.165, 1.54) is 0 Å². The highest BCUT2D eigenvalue weighted by atomic mass is 16.3. The Morgan fingerprint density at radius 1 is 1.12 bits per heavy atom. The number of aliphatic hydroxyl groups is 1. The second-order valence-corrected chi connectivity index (χ2v) is 6.88. The van der Waals surface area contributed by atoms with E-state index < -0.39 is 6.10 Å². The van der Waals surface area contributed by atoms with Gasteiger partial charge in [0.2, 0.25) is 5.91 Å². The van der Waals surface area contributed by atoms with Gasteiger partial charge in [-0.25, -0.2) is 0 Å². The molecular formula is C22H24N2O2. The Hall–Kier alpha value is -2.64. The van der Waals surface area contributed by atoms with Crippen LogP contribution in [0.2, 0.25) is 0 Å². The molecule has 1 atom stereocenters. The number of rotatable bonds is 5. The van der Waals surface area contributed by atoms with Crippen molar-refractivity contribution in [3.05, 3.63) is 71.3 Å². The molecule has 1 N–H and O–H groups in total. The number of carbonyl (C=O) groups is 1. The lowest BCUT2D eigenvalue weighted by Gasteiger charge is -2.34. The van der Waals surface area contributed by atoms with Gasteiger partial charge in [0.1, 0.15) is 0 Å². The van der Waals surface area contributed by atoms with E-state index in [-0.39, 0.29) is 11.8 Å². The molecule has 0 aromatic heterocycles. The average Bonchev–Trinajstić information content (AvgIpc) is 2.72. The summed E-state index contributed by atoms with van der Waals surface area (Å²) < 4.78 is 0. The molecule has 1 aliphatic rings. The summed E-state index contributed by atoms with van der Waals surface area (Å²) in [5.41, 5.74) is 2.67. The third-order valence-electron chi connectivity index (χ3n) is 5.19. The summed E-state index contributed by atoms with van der Waals surface area (Å²) in [6.07, 6.45) is 2.39. The van der Waals surface area contributed by atoms with E-state index in [4.69, 9.17) is 5.26 Å². The molecule has 1 heterocycles. The van der Waals surface area contributed by atoms with Gasteiger partial charge in [-0.1, -0.05) is 42.5 Å². The van der Waals surface area contributed by atoms with Gasteiger partial charge in [0.15, 0.2) is 0 Å². The van der Waals surface area contributed by atoms with Crippen LogP contribution in [0.1, 0.15) is 42.1 Å². The zero-order chi connectivity index (χ0) is 18.4. The van der Waals surface area contributed by atoms with E-state index in [0.29, 0.717) is 31.5 Å². The van der Waals surface area contributed by atoms with Crippen LogP contribution in [0.3, 0.4) is 0 Å². The number of aryl methyl sites for hydroxylation is 1. The number of carbonyl (C=O) groups excluding carboxylic acids is 1. The molecule has 4 heteroatoms. The molecule has 2 aromatic rings. The molecule has 0 saturated carbocycles. The smallest absolute Gasteiger partial charge is 0.222 e. The van der Waals surface area contributed by atoms with E-state index in [1.54, 1.807) is 12.1 Å². The van der Waals surface area contributed by atoms with Gasteiger partial charge in [-0.05, 0) is 48.4 Å². The maximum atomic E-state index is 12.5. The van der Waals surface area contributed by atoms with Crippen LogP contribution < -0.4 is 0 Å². The Labute approximate surface area is 154 Å². The largest absolute Gasteiger partial charge is 0.388 e. The van der Waals surface area contributed by atoms with Crippen molar-refractivity contribution in [1.82, 2.24) is 4.90 Å². The lowest BCUT2D eigenvalue weighted by Crippen LogP contribution is -2.39. The van der Waals surface area contributed by atoms with E-state index in [9.17, 15) is 9.90 Å². The monoisotopic (exact) mass is 348 g/mol. The molecule has 4 nitrogen and oxygen atoms in total. The predicted octanol–water partition coefficient (Wildman–Crippen LogP) is 3.46. The van der Waals surface area contributed by atoms with Crippen molar-refractivity contribution in [3.63, 3.8) is 0 Å². The van der Waals surface area contributed by atoms with Gasteiger partial charge < -0.3 is 10.0 Å². The summed E-state index contributed by atoms with van der Waals surface area (Å²) >= 11 is 0. The van der Waals surface area contributed by atoms with Gasteiger partial charge in [0.05, 0.1) is 17.7 Å². The van der Waals surface area contributed by atoms with Crippen molar-refractivity contribution in [3.8, 4) is 6.07 Å². The minimum Gasteiger partial charge on any atom is -0.388 e. The molecule has 3 rings (SSSR count). The predicted molar refractivity (Wildman–Crippen MR) is 100 cm³/mol. The van der Waals surface area contributed by atoms with Gasteiger partial charge in [-0.15, -0.1) is 0 Å². The summed E-state index contributed by atoms with van der Waals surface area (Å²) in [6, 6.07) is 19.3. The first-order chi connectivity index (χ1) is 12.7. The summed E-state index contributed by atoms with van der Waals surface area (Å²) in [6.45, 7) is 1.42. The zero-order valence-electron chi connectivity index (χ0n) is 14.8. The number of aliphatic hydroxyl groups excluding tert-OH is 1. The van der Waals surface area contributed by atoms with Gasteiger partial charge in [-0.2, -0.15) is 5.26 Å². The van der Waals surface area contributed by atoms with Crippen LogP contribution in [0, 0.1) is 17.2 Å². The van der Waals surface area contributed by atoms with Crippen LogP contribution in [-0.2, 0) is 11.2 Å². The van der Waals surface area contributed by atoms with Crippen LogP contribution in [0.15, 0.2) is 54.6 Å². The number of amides is 1. The molecule has 2 aromatic carbocycles. The Morgan fingerprint density at radius 2 is 1.77 bits per heavy atom. The number of likely N-dealkylation sites (tertiary alicyclic amines) is 1. The summed E-state index contributed by atoms with van der Waals surface area (Å²) in [7, 11) is 0. The third-order valence-corrected chi connectivity index (χ3v) is 5.19. The maximum absolute atomic E-state index is 12.5. The lowest BCUT2D eigenvalue weighted by atomic mass is 9.87. The van der Waals surface area contributed by atoms with Gasteiger partial charge >= 0.3 is 0 Å². The summed E-state index contributed by atoms with van der Waals surface area (Å²) in [5, 5.41) is 19.4. The molecule has 1 fully saturated rings. The first kappa shape index (κ1) is 18.2. The SMILES string of the molecule is N#Cc1ccc(CCC(=O)N2CCC(C(O)c3ccccc3)CC2)cc1. The van der Waals surface area contributed by atoms with Crippen molar-refractivity contribution in [1.29, 1.82) is 5.26 Å². The van der Waals surface area contributed by atoms with Crippen molar-refractivity contribution in [2.24, 2.45) is 5.92 Å². The molecule has 0 aliphatic carbocycles. The van der Waals surface area contributed by atoms with Gasteiger partial charge in [-0.3, -0.25) is 4.79 Å². The fourth-order valence-corrected chi connectivity index (χ4v) is 3.54. The number of hydrogen-bond donors (Lipinski definition) is 1. The van der Waals surface area contributed by atoms with Crippen molar-refractivity contribution in [2.45, 2.75) is 31.8 Å². The van der Waals surface area contributed by atoms with Crippen molar-refractivity contribution >= 4 is 5.91 Å². The summed E-state index contributed by atoms with van der Waals surface area (Å²) in [4.78, 5) is 14.4. The maximum Gasteiger partial charge on any atom is 0.222 e. The van der Waals surface area contributed by atoms with Crippen LogP contribution in [0.4, 0.5) is 0 Å². The topological polar surface area (TPSA) is 64.3 Å². The molecule has 26 heavy (non-hydrogen) atoms. The van der Waals surface area contributed by atoms with Crippen molar-refractivity contribution < 1.29 is 9.90 Å². The van der Waals surface area contributed by atoms with E-state index in [0.717, 1.165) is 24.0 Å². The Morgan fingerprint density at radius 3 is 2.38 bits per heavy atom. The molecule has 134 valence electrons. The van der Waals surface area contributed by atoms with Crippen LogP contribution >= 0.6 is 0 Å². The van der Waals surface area contributed by atoms with Gasteiger partial charge in [0, 0.05) is 19.5 Å². The number of nitriles is 1. The average molecular weight is 348 g/mol. The Bertz CT molecular complexity index is 757. The van der Waals surface area contributed by atoms with Crippen molar-refractivity contribution in [2.75, 3.05) is 13.1 Å². The molecule has 1 unspecified atom stereocenters. The van der Waals surface area contributed by atoms with E-state index in [2.05, 4.69) is 6.07 Å². The lowest BCUT2D eigenvalue weighted by molar-refractivity contribution is -0.133. The molecule has 1 amide bonds. The minimum atomic E-state index is -0.452. The van der Waals surface area contributed by atoms with Gasteiger partial charge in [0.25, 0.3) is 0 Å². The highest BCUT2D eigenvalue weighted by Crippen LogP contribution is 2.30. The third kappa shape index (κ3) is 4.50. The number of hydrogen-bond acceptors (Lipinski definition) is 3. The minimum absolute atomic E-state index is 0.169. The number of nitrogens with zero attached hydrogens (tertiary/aromatic N) is 2. The molecule has 1 saturated heterocycles. The second kappa shape index (κ2) is 8.64. The molecule has 1 aliphatic heterocycles. The summed E-state index contributed by atoms with van der Waals surface area (Å²) in [5.74, 6) is 0.377. The Balaban J connectivity index is 1.46. The number of piperidine rings is 1. The first-order valence-electron chi connectivity index (χ1n) is 9.17. The van der Waals surface area contributed by atoms with Crippen LogP contribution in [0.5, 0.6) is 0 Å². The van der Waals surface area contributed by atoms with E-state index in [1.807, 2.05) is 47.4 Å². The molecular weight excluding hydrogens is 324 g/mol. The fourth-order valence-electron chi connectivity index (χ4n) is 3.54. The highest BCUT2D eigenvalue weighted by molar-refractivity contribution is 5.76. The molecule has 0 spiro atoms. The van der Waals surface area contributed by atoms with Crippen LogP contribution in [0.25, 0.3) is 0 Å². The van der Waals surface area contributed by atoms with Crippen LogP contribution in [-0.4, -0.2) is 29.0 Å². The molecule has 0 radical (unpaired) electrons. The normalized spacial score (nSPS) is 16.1. The standard InChI is InChI=1S/C22H24N2O2/c23-16-18-8-6-17(7-9-18)10-11-21(25)24-14-12-20(13-15-24)22(26)19-4-2-1-3-5-19/h1-9,20,22,26H,10-15H2. The van der Waals surface area contributed by atoms with E-state index >= 15 is 0 Å². The highest BCUT2D eigenvalue weighted by Gasteiger charge is 2.27. The zero-order valence-corrected chi connectivity index (χ0v) is 14.8.